The molecule has 0 unspecified atom stereocenters. The summed E-state index contributed by atoms with van der Waals surface area (Å²) in [5, 5.41) is 8.32. The van der Waals surface area contributed by atoms with E-state index in [0.29, 0.717) is 42.2 Å². The minimum absolute atomic E-state index is 0.0982. The number of nitrogens with zero attached hydrogens (tertiary/aromatic N) is 1. The van der Waals surface area contributed by atoms with Gasteiger partial charge < -0.3 is 9.52 Å². The van der Waals surface area contributed by atoms with Crippen LogP contribution in [-0.4, -0.2) is 33.7 Å². The fourth-order valence-electron chi connectivity index (χ4n) is 2.74. The minimum Gasteiger partial charge on any atom is -0.481 e. The molecule has 1 saturated heterocycles. The molecule has 1 aromatic carbocycles. The highest BCUT2D eigenvalue weighted by Gasteiger charge is 2.34. The number of carboxylic acid groups (broad SMARTS) is 1. The van der Waals surface area contributed by atoms with Crippen LogP contribution in [0.25, 0.3) is 17.4 Å². The molecule has 2 aromatic rings. The number of halogens is 1. The molecule has 1 aromatic heterocycles. The van der Waals surface area contributed by atoms with E-state index < -0.39 is 5.97 Å². The number of furan rings is 1. The van der Waals surface area contributed by atoms with Crippen molar-refractivity contribution >= 4 is 50.9 Å². The Hall–Kier alpha value is -2.32. The molecule has 146 valence electrons. The van der Waals surface area contributed by atoms with Crippen LogP contribution in [0.1, 0.15) is 31.4 Å². The van der Waals surface area contributed by atoms with E-state index in [1.54, 1.807) is 12.1 Å². The summed E-state index contributed by atoms with van der Waals surface area (Å²) >= 11 is 4.28. The zero-order valence-corrected chi connectivity index (χ0v) is 17.3. The number of hydrogen-bond acceptors (Lipinski definition) is 5. The number of unbranched alkanes of at least 4 members (excludes halogenated alkanes) is 2. The first kappa shape index (κ1) is 20.4. The molecule has 28 heavy (non-hydrogen) atoms. The first-order chi connectivity index (χ1) is 13.4. The molecule has 1 aliphatic heterocycles. The topological polar surface area (TPSA) is 87.8 Å². The monoisotopic (exact) mass is 463 g/mol. The number of hydrogen-bond donors (Lipinski definition) is 1. The van der Waals surface area contributed by atoms with Gasteiger partial charge in [-0.3, -0.25) is 19.3 Å². The van der Waals surface area contributed by atoms with Crippen LogP contribution in [0.3, 0.4) is 0 Å². The van der Waals surface area contributed by atoms with E-state index in [0.717, 1.165) is 21.8 Å². The molecule has 0 radical (unpaired) electrons. The zero-order valence-electron chi connectivity index (χ0n) is 14.9. The number of carbonyl (C=O) groups is 3. The van der Waals surface area contributed by atoms with Crippen LogP contribution in [0.5, 0.6) is 0 Å². The van der Waals surface area contributed by atoms with E-state index in [4.69, 9.17) is 9.52 Å². The second-order valence-electron chi connectivity index (χ2n) is 6.25. The lowest BCUT2D eigenvalue weighted by Gasteiger charge is -2.11. The third-order valence-corrected chi connectivity index (χ3v) is 5.61. The standard InChI is InChI=1S/C20H18BrNO5S/c21-14-7-5-13(6-8-14)16-10-9-15(27-16)12-17-19(25)22(20(26)28-17)11-3-1-2-4-18(23)24/h5-10,12H,1-4,11H2,(H,23,24)/b17-12+. The molecule has 6 nitrogen and oxygen atoms in total. The van der Waals surface area contributed by atoms with Gasteiger partial charge in [0.25, 0.3) is 11.1 Å². The number of rotatable bonds is 8. The molecular formula is C20H18BrNO5S. The molecule has 2 heterocycles. The Morgan fingerprint density at radius 3 is 2.57 bits per heavy atom. The Morgan fingerprint density at radius 2 is 1.86 bits per heavy atom. The van der Waals surface area contributed by atoms with E-state index in [1.165, 1.54) is 4.90 Å². The first-order valence-electron chi connectivity index (χ1n) is 8.77. The molecule has 1 aliphatic rings. The second kappa shape index (κ2) is 9.25. The maximum absolute atomic E-state index is 12.5. The van der Waals surface area contributed by atoms with Crippen LogP contribution in [0.2, 0.25) is 0 Å². The number of thioether (sulfide) groups is 1. The maximum atomic E-state index is 12.5. The van der Waals surface area contributed by atoms with Gasteiger partial charge in [-0.1, -0.05) is 34.5 Å². The summed E-state index contributed by atoms with van der Waals surface area (Å²) in [4.78, 5) is 36.6. The fraction of sp³-hybridized carbons (Fsp3) is 0.250. The van der Waals surface area contributed by atoms with Crippen molar-refractivity contribution < 1.29 is 23.9 Å². The number of aliphatic carboxylic acids is 1. The van der Waals surface area contributed by atoms with Gasteiger partial charge in [-0.2, -0.15) is 0 Å². The Bertz CT molecular complexity index is 919. The Labute approximate surface area is 174 Å². The molecule has 1 N–H and O–H groups in total. The predicted molar refractivity (Wildman–Crippen MR) is 111 cm³/mol. The van der Waals surface area contributed by atoms with Crippen LogP contribution in [-0.2, 0) is 9.59 Å². The summed E-state index contributed by atoms with van der Waals surface area (Å²) in [6.45, 7) is 0.296. The van der Waals surface area contributed by atoms with Crippen LogP contribution in [0.15, 0.2) is 50.2 Å². The van der Waals surface area contributed by atoms with Crippen molar-refractivity contribution in [2.45, 2.75) is 25.7 Å². The second-order valence-corrected chi connectivity index (χ2v) is 8.16. The quantitative estimate of drug-likeness (QED) is 0.416. The number of imide groups is 1. The van der Waals surface area contributed by atoms with Gasteiger partial charge >= 0.3 is 5.97 Å². The fourth-order valence-corrected chi connectivity index (χ4v) is 3.85. The molecule has 3 rings (SSSR count). The summed E-state index contributed by atoms with van der Waals surface area (Å²) in [5.41, 5.74) is 0.914. The predicted octanol–water partition coefficient (Wildman–Crippen LogP) is 5.39. The highest BCUT2D eigenvalue weighted by molar-refractivity contribution is 9.10. The molecule has 2 amide bonds. The Balaban J connectivity index is 1.62. The van der Waals surface area contributed by atoms with Crippen molar-refractivity contribution in [3.8, 4) is 11.3 Å². The Morgan fingerprint density at radius 1 is 1.11 bits per heavy atom. The van der Waals surface area contributed by atoms with Crippen molar-refractivity contribution in [2.24, 2.45) is 0 Å². The van der Waals surface area contributed by atoms with Gasteiger partial charge in [0.2, 0.25) is 0 Å². The van der Waals surface area contributed by atoms with Crippen LogP contribution >= 0.6 is 27.7 Å². The molecule has 0 saturated carbocycles. The smallest absolute Gasteiger partial charge is 0.303 e. The van der Waals surface area contributed by atoms with Crippen molar-refractivity contribution in [1.82, 2.24) is 4.90 Å². The molecular weight excluding hydrogens is 446 g/mol. The largest absolute Gasteiger partial charge is 0.481 e. The number of carbonyl (C=O) groups excluding carboxylic acids is 2. The van der Waals surface area contributed by atoms with Gasteiger partial charge in [-0.05, 0) is 48.9 Å². The van der Waals surface area contributed by atoms with E-state index in [1.807, 2.05) is 30.3 Å². The summed E-state index contributed by atoms with van der Waals surface area (Å²) < 4.78 is 6.76. The van der Waals surface area contributed by atoms with Crippen molar-refractivity contribution in [3.05, 3.63) is 51.5 Å². The average molecular weight is 464 g/mol. The van der Waals surface area contributed by atoms with Gasteiger partial charge in [0.1, 0.15) is 11.5 Å². The van der Waals surface area contributed by atoms with Gasteiger partial charge in [-0.25, -0.2) is 0 Å². The van der Waals surface area contributed by atoms with Crippen molar-refractivity contribution in [3.63, 3.8) is 0 Å². The summed E-state index contributed by atoms with van der Waals surface area (Å²) in [6.07, 6.45) is 3.46. The van der Waals surface area contributed by atoms with E-state index in [2.05, 4.69) is 15.9 Å². The molecule has 0 spiro atoms. The van der Waals surface area contributed by atoms with Crippen molar-refractivity contribution in [2.75, 3.05) is 6.54 Å². The molecule has 8 heteroatoms. The van der Waals surface area contributed by atoms with E-state index >= 15 is 0 Å². The maximum Gasteiger partial charge on any atom is 0.303 e. The van der Waals surface area contributed by atoms with Gasteiger partial charge in [0.15, 0.2) is 0 Å². The van der Waals surface area contributed by atoms with E-state index in [-0.39, 0.29) is 17.6 Å². The highest BCUT2D eigenvalue weighted by Crippen LogP contribution is 2.33. The molecule has 0 bridgehead atoms. The van der Waals surface area contributed by atoms with Crippen LogP contribution < -0.4 is 0 Å². The SMILES string of the molecule is O=C(O)CCCCCN1C(=O)S/C(=C/c2ccc(-c3ccc(Br)cc3)o2)C1=O. The summed E-state index contributed by atoms with van der Waals surface area (Å²) in [5.74, 6) is 0.00571. The highest BCUT2D eigenvalue weighted by atomic mass is 79.9. The number of amides is 2. The molecule has 0 aliphatic carbocycles. The van der Waals surface area contributed by atoms with Crippen molar-refractivity contribution in [1.29, 1.82) is 0 Å². The lowest BCUT2D eigenvalue weighted by molar-refractivity contribution is -0.137. The lowest BCUT2D eigenvalue weighted by atomic mass is 10.2. The third kappa shape index (κ3) is 5.14. The van der Waals surface area contributed by atoms with Gasteiger partial charge in [-0.15, -0.1) is 0 Å². The zero-order chi connectivity index (χ0) is 20.1. The van der Waals surface area contributed by atoms with Crippen LogP contribution in [0.4, 0.5) is 4.79 Å². The Kier molecular flexibility index (Phi) is 6.74. The lowest BCUT2D eigenvalue weighted by Crippen LogP contribution is -2.29. The van der Waals surface area contributed by atoms with E-state index in [9.17, 15) is 14.4 Å². The number of benzene rings is 1. The summed E-state index contributed by atoms with van der Waals surface area (Å²) in [7, 11) is 0. The first-order valence-corrected chi connectivity index (χ1v) is 10.4. The molecule has 0 atom stereocenters. The normalized spacial score (nSPS) is 15.6. The molecule has 1 fully saturated rings. The average Bonchev–Trinajstić information content (AvgIpc) is 3.22. The van der Waals surface area contributed by atoms with Gasteiger partial charge in [0.05, 0.1) is 4.91 Å². The number of carboxylic acids is 1. The van der Waals surface area contributed by atoms with Gasteiger partial charge in [0, 0.05) is 29.1 Å². The minimum atomic E-state index is -0.838. The third-order valence-electron chi connectivity index (χ3n) is 4.17. The summed E-state index contributed by atoms with van der Waals surface area (Å²) in [6, 6.07) is 11.3. The van der Waals surface area contributed by atoms with Crippen LogP contribution in [0, 0.1) is 0 Å².